The predicted octanol–water partition coefficient (Wildman–Crippen LogP) is 2.64. The van der Waals surface area contributed by atoms with Crippen molar-refractivity contribution in [2.45, 2.75) is 31.7 Å². The van der Waals surface area contributed by atoms with Gasteiger partial charge in [-0.25, -0.2) is 4.98 Å². The van der Waals surface area contributed by atoms with Gasteiger partial charge >= 0.3 is 0 Å². The van der Waals surface area contributed by atoms with Crippen LogP contribution in [0.5, 0.6) is 0 Å². The van der Waals surface area contributed by atoms with Gasteiger partial charge in [-0.1, -0.05) is 6.92 Å². The minimum absolute atomic E-state index is 0.187. The van der Waals surface area contributed by atoms with Gasteiger partial charge in [-0.3, -0.25) is 10.1 Å². The zero-order valence-electron chi connectivity index (χ0n) is 9.54. The fraction of sp³-hybridized carbons (Fsp3) is 0.600. The maximum atomic E-state index is 11.9. The average molecular weight is 263 g/mol. The molecule has 0 aliphatic carbocycles. The van der Waals surface area contributed by atoms with Crippen molar-refractivity contribution in [3.8, 4) is 0 Å². The van der Waals surface area contributed by atoms with E-state index < -0.39 is 5.60 Å². The first-order valence-electron chi connectivity index (χ1n) is 4.92. The highest BCUT2D eigenvalue weighted by molar-refractivity contribution is 7.14. The second-order valence-electron chi connectivity index (χ2n) is 3.52. The number of carbonyl (C=O) groups excluding carboxylic acids is 1. The number of aromatic nitrogens is 1. The minimum atomic E-state index is -0.813. The second kappa shape index (κ2) is 5.61. The number of anilines is 1. The molecule has 0 saturated heterocycles. The summed E-state index contributed by atoms with van der Waals surface area (Å²) in [5, 5.41) is 5.10. The molecule has 0 bridgehead atoms. The Morgan fingerprint density at radius 3 is 2.88 bits per heavy atom. The summed E-state index contributed by atoms with van der Waals surface area (Å²) in [7, 11) is 1.52. The van der Waals surface area contributed by atoms with Crippen molar-refractivity contribution in [1.29, 1.82) is 0 Å². The van der Waals surface area contributed by atoms with E-state index >= 15 is 0 Å². The summed E-state index contributed by atoms with van der Waals surface area (Å²) in [6.45, 7) is 3.65. The van der Waals surface area contributed by atoms with Crippen LogP contribution < -0.4 is 5.32 Å². The molecule has 1 aromatic heterocycles. The van der Waals surface area contributed by atoms with Crippen molar-refractivity contribution in [3.05, 3.63) is 11.1 Å². The van der Waals surface area contributed by atoms with Crippen molar-refractivity contribution in [1.82, 2.24) is 4.98 Å². The van der Waals surface area contributed by atoms with E-state index in [9.17, 15) is 4.79 Å². The first kappa shape index (κ1) is 13.4. The molecule has 90 valence electrons. The van der Waals surface area contributed by atoms with Crippen molar-refractivity contribution in [2.75, 3.05) is 12.4 Å². The van der Waals surface area contributed by atoms with Crippen molar-refractivity contribution in [2.24, 2.45) is 0 Å². The summed E-state index contributed by atoms with van der Waals surface area (Å²) < 4.78 is 5.19. The number of ether oxygens (including phenoxy) is 1. The monoisotopic (exact) mass is 262 g/mol. The molecule has 4 nitrogen and oxygen atoms in total. The van der Waals surface area contributed by atoms with E-state index in [4.69, 9.17) is 16.3 Å². The number of halogens is 1. The van der Waals surface area contributed by atoms with Gasteiger partial charge in [0.15, 0.2) is 5.13 Å². The Morgan fingerprint density at radius 2 is 2.44 bits per heavy atom. The quantitative estimate of drug-likeness (QED) is 0.830. The van der Waals surface area contributed by atoms with Crippen LogP contribution >= 0.6 is 22.9 Å². The number of methoxy groups -OCH3 is 1. The fourth-order valence-electron chi connectivity index (χ4n) is 1.05. The van der Waals surface area contributed by atoms with Gasteiger partial charge in [0.05, 0.1) is 11.6 Å². The molecule has 0 aromatic carbocycles. The molecule has 0 aliphatic rings. The van der Waals surface area contributed by atoms with E-state index in [1.165, 1.54) is 18.4 Å². The molecule has 0 radical (unpaired) electrons. The van der Waals surface area contributed by atoms with Gasteiger partial charge in [0.2, 0.25) is 0 Å². The first-order chi connectivity index (χ1) is 7.55. The third kappa shape index (κ3) is 2.93. The minimum Gasteiger partial charge on any atom is -0.369 e. The number of rotatable bonds is 5. The molecule has 1 heterocycles. The van der Waals surface area contributed by atoms with Gasteiger partial charge in [-0.2, -0.15) is 0 Å². The number of amides is 1. The molecule has 1 rings (SSSR count). The molecular formula is C10H15ClN2O2S. The lowest BCUT2D eigenvalue weighted by Crippen LogP contribution is -2.41. The molecule has 1 unspecified atom stereocenters. The van der Waals surface area contributed by atoms with E-state index in [-0.39, 0.29) is 5.91 Å². The average Bonchev–Trinajstić information content (AvgIpc) is 2.75. The van der Waals surface area contributed by atoms with E-state index in [0.717, 1.165) is 5.69 Å². The number of hydrogen-bond donors (Lipinski definition) is 1. The van der Waals surface area contributed by atoms with E-state index in [1.54, 1.807) is 6.92 Å². The lowest BCUT2D eigenvalue weighted by molar-refractivity contribution is -0.136. The van der Waals surface area contributed by atoms with Gasteiger partial charge in [0.1, 0.15) is 5.60 Å². The standard InChI is InChI=1S/C10H15ClN2O2S/c1-4-10(2,15-3)8(14)13-9-12-7(5-11)6-16-9/h6H,4-5H2,1-3H3,(H,12,13,14). The number of nitrogens with zero attached hydrogens (tertiary/aromatic N) is 1. The van der Waals surface area contributed by atoms with Crippen LogP contribution in [-0.2, 0) is 15.4 Å². The maximum absolute atomic E-state index is 11.9. The topological polar surface area (TPSA) is 51.2 Å². The van der Waals surface area contributed by atoms with Crippen LogP contribution in [0.25, 0.3) is 0 Å². The Morgan fingerprint density at radius 1 is 1.75 bits per heavy atom. The Balaban J connectivity index is 2.70. The van der Waals surface area contributed by atoms with Crippen molar-refractivity contribution >= 4 is 34.0 Å². The summed E-state index contributed by atoms with van der Waals surface area (Å²) in [6, 6.07) is 0. The predicted molar refractivity (Wildman–Crippen MR) is 66.0 cm³/mol. The van der Waals surface area contributed by atoms with Crippen LogP contribution in [0.3, 0.4) is 0 Å². The van der Waals surface area contributed by atoms with Gasteiger partial charge < -0.3 is 4.74 Å². The van der Waals surface area contributed by atoms with Gasteiger partial charge in [-0.05, 0) is 13.3 Å². The first-order valence-corrected chi connectivity index (χ1v) is 6.34. The number of thiazole rings is 1. The van der Waals surface area contributed by atoms with Gasteiger partial charge in [-0.15, -0.1) is 22.9 Å². The molecule has 6 heteroatoms. The third-order valence-electron chi connectivity index (χ3n) is 2.51. The Kier molecular flexibility index (Phi) is 4.70. The molecule has 1 aromatic rings. The summed E-state index contributed by atoms with van der Waals surface area (Å²) >= 11 is 6.98. The van der Waals surface area contributed by atoms with E-state index in [2.05, 4.69) is 10.3 Å². The molecule has 16 heavy (non-hydrogen) atoms. The molecule has 1 atom stereocenters. The number of alkyl halides is 1. The normalized spacial score (nSPS) is 14.5. The lowest BCUT2D eigenvalue weighted by atomic mass is 10.0. The van der Waals surface area contributed by atoms with Gasteiger partial charge in [0.25, 0.3) is 5.91 Å². The summed E-state index contributed by atoms with van der Waals surface area (Å²) in [5.74, 6) is 0.162. The molecule has 0 saturated carbocycles. The number of carbonyl (C=O) groups is 1. The van der Waals surface area contributed by atoms with Crippen molar-refractivity contribution < 1.29 is 9.53 Å². The van der Waals surface area contributed by atoms with Crippen LogP contribution in [0, 0.1) is 0 Å². The Bertz CT molecular complexity index is 363. The molecule has 1 amide bonds. The molecule has 1 N–H and O–H groups in total. The van der Waals surface area contributed by atoms with Crippen LogP contribution in [0.15, 0.2) is 5.38 Å². The summed E-state index contributed by atoms with van der Waals surface area (Å²) in [5.41, 5.74) is -0.0510. The van der Waals surface area contributed by atoms with Crippen LogP contribution in [0.2, 0.25) is 0 Å². The summed E-state index contributed by atoms with van der Waals surface area (Å²) in [4.78, 5) is 16.0. The third-order valence-corrected chi connectivity index (χ3v) is 3.59. The van der Waals surface area contributed by atoms with Crippen LogP contribution in [0.1, 0.15) is 26.0 Å². The highest BCUT2D eigenvalue weighted by Crippen LogP contribution is 2.21. The maximum Gasteiger partial charge on any atom is 0.258 e. The molecular weight excluding hydrogens is 248 g/mol. The largest absolute Gasteiger partial charge is 0.369 e. The van der Waals surface area contributed by atoms with E-state index in [0.29, 0.717) is 17.4 Å². The smallest absolute Gasteiger partial charge is 0.258 e. The Hall–Kier alpha value is -0.650. The number of hydrogen-bond acceptors (Lipinski definition) is 4. The SMILES string of the molecule is CCC(C)(OC)C(=O)Nc1nc(CCl)cs1. The zero-order valence-corrected chi connectivity index (χ0v) is 11.1. The Labute approximate surface area is 104 Å². The van der Waals surface area contributed by atoms with Crippen molar-refractivity contribution in [3.63, 3.8) is 0 Å². The second-order valence-corrected chi connectivity index (χ2v) is 4.65. The van der Waals surface area contributed by atoms with Gasteiger partial charge in [0, 0.05) is 12.5 Å². The summed E-state index contributed by atoms with van der Waals surface area (Å²) in [6.07, 6.45) is 0.600. The highest BCUT2D eigenvalue weighted by Gasteiger charge is 2.31. The van der Waals surface area contributed by atoms with Crippen LogP contribution in [0.4, 0.5) is 5.13 Å². The molecule has 0 spiro atoms. The van der Waals surface area contributed by atoms with Crippen LogP contribution in [-0.4, -0.2) is 23.6 Å². The molecule has 0 aliphatic heterocycles. The van der Waals surface area contributed by atoms with E-state index in [1.807, 2.05) is 12.3 Å². The highest BCUT2D eigenvalue weighted by atomic mass is 35.5. The zero-order chi connectivity index (χ0) is 12.2. The molecule has 0 fully saturated rings. The lowest BCUT2D eigenvalue weighted by Gasteiger charge is -2.24. The fourth-order valence-corrected chi connectivity index (χ4v) is 1.99. The number of nitrogens with one attached hydrogen (secondary N) is 1.